The molecule has 0 saturated carbocycles. The molecule has 0 spiro atoms. The lowest BCUT2D eigenvalue weighted by Crippen LogP contribution is -2.17. The minimum Gasteiger partial charge on any atom is -0.322 e. The van der Waals surface area contributed by atoms with Gasteiger partial charge in [0.05, 0.1) is 6.21 Å². The SMILES string of the molecule is Cc1ccc(C(=O)Nc2ccc(C(=O)N/N=C\c3ccc(Cl)cc3)cc2)cc1. The van der Waals surface area contributed by atoms with Crippen molar-refractivity contribution in [3.8, 4) is 0 Å². The van der Waals surface area contributed by atoms with Crippen molar-refractivity contribution in [2.45, 2.75) is 6.92 Å². The second-order valence-electron chi connectivity index (χ2n) is 6.15. The van der Waals surface area contributed by atoms with Gasteiger partial charge in [-0.1, -0.05) is 41.4 Å². The molecule has 3 rings (SSSR count). The van der Waals surface area contributed by atoms with Crippen molar-refractivity contribution in [2.24, 2.45) is 5.10 Å². The monoisotopic (exact) mass is 391 g/mol. The number of aryl methyl sites for hydroxylation is 1. The summed E-state index contributed by atoms with van der Waals surface area (Å²) in [5.74, 6) is -0.550. The van der Waals surface area contributed by atoms with Gasteiger partial charge in [-0.25, -0.2) is 5.43 Å². The van der Waals surface area contributed by atoms with Crippen LogP contribution in [0.3, 0.4) is 0 Å². The number of nitrogens with zero attached hydrogens (tertiary/aromatic N) is 1. The Labute approximate surface area is 168 Å². The normalized spacial score (nSPS) is 10.6. The Hall–Kier alpha value is -3.44. The van der Waals surface area contributed by atoms with Crippen molar-refractivity contribution in [1.82, 2.24) is 5.43 Å². The van der Waals surface area contributed by atoms with Gasteiger partial charge in [0.15, 0.2) is 0 Å². The fourth-order valence-electron chi connectivity index (χ4n) is 2.39. The molecule has 28 heavy (non-hydrogen) atoms. The molecule has 0 aliphatic carbocycles. The van der Waals surface area contributed by atoms with Crippen molar-refractivity contribution >= 4 is 35.3 Å². The van der Waals surface area contributed by atoms with Crippen LogP contribution in [0.1, 0.15) is 31.8 Å². The van der Waals surface area contributed by atoms with E-state index in [9.17, 15) is 9.59 Å². The van der Waals surface area contributed by atoms with Crippen LogP contribution in [0.2, 0.25) is 5.02 Å². The van der Waals surface area contributed by atoms with Crippen molar-refractivity contribution in [3.63, 3.8) is 0 Å². The van der Waals surface area contributed by atoms with Gasteiger partial charge in [-0.15, -0.1) is 0 Å². The molecular formula is C22H18ClN3O2. The Morgan fingerprint density at radius 2 is 1.39 bits per heavy atom. The largest absolute Gasteiger partial charge is 0.322 e. The number of amides is 2. The lowest BCUT2D eigenvalue weighted by molar-refractivity contribution is 0.0954. The Morgan fingerprint density at radius 3 is 2.04 bits per heavy atom. The third-order valence-electron chi connectivity index (χ3n) is 3.97. The van der Waals surface area contributed by atoms with Gasteiger partial charge in [0.2, 0.25) is 0 Å². The van der Waals surface area contributed by atoms with Crippen LogP contribution in [0.4, 0.5) is 5.69 Å². The van der Waals surface area contributed by atoms with E-state index < -0.39 is 0 Å². The summed E-state index contributed by atoms with van der Waals surface area (Å²) >= 11 is 5.82. The topological polar surface area (TPSA) is 70.6 Å². The molecule has 0 aliphatic heterocycles. The van der Waals surface area contributed by atoms with Gasteiger partial charge in [-0.3, -0.25) is 9.59 Å². The summed E-state index contributed by atoms with van der Waals surface area (Å²) in [6.45, 7) is 1.96. The molecule has 0 unspecified atom stereocenters. The molecule has 3 aromatic rings. The van der Waals surface area contributed by atoms with E-state index >= 15 is 0 Å². The first kappa shape index (κ1) is 19.3. The van der Waals surface area contributed by atoms with Crippen molar-refractivity contribution in [1.29, 1.82) is 0 Å². The number of carbonyl (C=O) groups is 2. The van der Waals surface area contributed by atoms with E-state index in [1.54, 1.807) is 60.7 Å². The van der Waals surface area contributed by atoms with E-state index in [4.69, 9.17) is 11.6 Å². The minimum absolute atomic E-state index is 0.204. The van der Waals surface area contributed by atoms with Crippen molar-refractivity contribution < 1.29 is 9.59 Å². The molecule has 0 heterocycles. The number of carbonyl (C=O) groups excluding carboxylic acids is 2. The molecule has 0 aromatic heterocycles. The zero-order chi connectivity index (χ0) is 19.9. The lowest BCUT2D eigenvalue weighted by Gasteiger charge is -2.06. The van der Waals surface area contributed by atoms with E-state index in [2.05, 4.69) is 15.8 Å². The van der Waals surface area contributed by atoms with E-state index in [0.717, 1.165) is 11.1 Å². The smallest absolute Gasteiger partial charge is 0.271 e. The highest BCUT2D eigenvalue weighted by atomic mass is 35.5. The zero-order valence-corrected chi connectivity index (χ0v) is 15.9. The molecule has 5 nitrogen and oxygen atoms in total. The van der Waals surface area contributed by atoms with Gasteiger partial charge < -0.3 is 5.32 Å². The van der Waals surface area contributed by atoms with Crippen LogP contribution in [-0.4, -0.2) is 18.0 Å². The summed E-state index contributed by atoms with van der Waals surface area (Å²) < 4.78 is 0. The van der Waals surface area contributed by atoms with Gasteiger partial charge >= 0.3 is 0 Å². The Morgan fingerprint density at radius 1 is 0.821 bits per heavy atom. The number of halogens is 1. The molecule has 6 heteroatoms. The summed E-state index contributed by atoms with van der Waals surface area (Å²) in [5.41, 5.74) is 5.98. The second-order valence-corrected chi connectivity index (χ2v) is 6.58. The first-order valence-electron chi connectivity index (χ1n) is 8.58. The van der Waals surface area contributed by atoms with Crippen LogP contribution in [0.25, 0.3) is 0 Å². The summed E-state index contributed by atoms with van der Waals surface area (Å²) in [4.78, 5) is 24.4. The number of hydrogen-bond donors (Lipinski definition) is 2. The molecule has 3 aromatic carbocycles. The Kier molecular flexibility index (Phi) is 6.19. The van der Waals surface area contributed by atoms with Crippen LogP contribution in [0, 0.1) is 6.92 Å². The van der Waals surface area contributed by atoms with Crippen LogP contribution in [-0.2, 0) is 0 Å². The summed E-state index contributed by atoms with van der Waals surface area (Å²) in [6.07, 6.45) is 1.53. The predicted octanol–water partition coefficient (Wildman–Crippen LogP) is 4.66. The number of nitrogens with one attached hydrogen (secondary N) is 2. The molecule has 0 bridgehead atoms. The van der Waals surface area contributed by atoms with Gasteiger partial charge in [0.1, 0.15) is 0 Å². The number of hydrazone groups is 1. The van der Waals surface area contributed by atoms with Gasteiger partial charge in [0, 0.05) is 21.8 Å². The number of hydrogen-bond acceptors (Lipinski definition) is 3. The van der Waals surface area contributed by atoms with Crippen LogP contribution >= 0.6 is 11.6 Å². The van der Waals surface area contributed by atoms with E-state index in [1.807, 2.05) is 19.1 Å². The summed E-state index contributed by atoms with van der Waals surface area (Å²) in [6, 6.07) is 21.0. The molecule has 0 atom stereocenters. The second kappa shape index (κ2) is 8.97. The summed E-state index contributed by atoms with van der Waals surface area (Å²) in [5, 5.41) is 7.36. The third kappa shape index (κ3) is 5.28. The van der Waals surface area contributed by atoms with Gasteiger partial charge in [-0.05, 0) is 61.0 Å². The summed E-state index contributed by atoms with van der Waals surface area (Å²) in [7, 11) is 0. The average Bonchev–Trinajstić information content (AvgIpc) is 2.70. The Balaban J connectivity index is 1.57. The third-order valence-corrected chi connectivity index (χ3v) is 4.22. The van der Waals surface area contributed by atoms with Crippen LogP contribution < -0.4 is 10.7 Å². The van der Waals surface area contributed by atoms with Gasteiger partial charge in [-0.2, -0.15) is 5.10 Å². The maximum absolute atomic E-state index is 12.2. The van der Waals surface area contributed by atoms with Crippen LogP contribution in [0.5, 0.6) is 0 Å². The average molecular weight is 392 g/mol. The maximum atomic E-state index is 12.2. The van der Waals surface area contributed by atoms with E-state index in [0.29, 0.717) is 21.8 Å². The number of rotatable bonds is 5. The highest BCUT2D eigenvalue weighted by Gasteiger charge is 2.07. The molecule has 2 N–H and O–H groups in total. The standard InChI is InChI=1S/C22H18ClN3O2/c1-15-2-6-17(7-3-15)21(27)25-20-12-8-18(9-13-20)22(28)26-24-14-16-4-10-19(23)11-5-16/h2-14H,1H3,(H,25,27)(H,26,28)/b24-14-. The quantitative estimate of drug-likeness (QED) is 0.490. The molecular weight excluding hydrogens is 374 g/mol. The van der Waals surface area contributed by atoms with Crippen molar-refractivity contribution in [3.05, 3.63) is 100 Å². The highest BCUT2D eigenvalue weighted by molar-refractivity contribution is 6.30. The number of anilines is 1. The van der Waals surface area contributed by atoms with Crippen molar-refractivity contribution in [2.75, 3.05) is 5.32 Å². The molecule has 0 fully saturated rings. The fraction of sp³-hybridized carbons (Fsp3) is 0.0455. The number of benzene rings is 3. The zero-order valence-electron chi connectivity index (χ0n) is 15.1. The minimum atomic E-state index is -0.346. The fourth-order valence-corrected chi connectivity index (χ4v) is 2.52. The van der Waals surface area contributed by atoms with Crippen LogP contribution in [0.15, 0.2) is 77.9 Å². The molecule has 0 aliphatic rings. The molecule has 2 amide bonds. The van der Waals surface area contributed by atoms with Gasteiger partial charge in [0.25, 0.3) is 11.8 Å². The highest BCUT2D eigenvalue weighted by Crippen LogP contribution is 2.12. The lowest BCUT2D eigenvalue weighted by atomic mass is 10.1. The first-order chi connectivity index (χ1) is 13.5. The van der Waals surface area contributed by atoms with E-state index in [-0.39, 0.29) is 11.8 Å². The Bertz CT molecular complexity index is 995. The van der Waals surface area contributed by atoms with E-state index in [1.165, 1.54) is 6.21 Å². The predicted molar refractivity (Wildman–Crippen MR) is 112 cm³/mol. The molecule has 0 radical (unpaired) electrons. The first-order valence-corrected chi connectivity index (χ1v) is 8.96. The molecule has 0 saturated heterocycles. The maximum Gasteiger partial charge on any atom is 0.271 e. The molecule has 140 valence electrons.